The molecule has 0 N–H and O–H groups in total. The van der Waals surface area contributed by atoms with Crippen molar-refractivity contribution in [2.24, 2.45) is 0 Å². The Labute approximate surface area is 102 Å². The van der Waals surface area contributed by atoms with Crippen molar-refractivity contribution in [3.05, 3.63) is 12.1 Å². The minimum absolute atomic E-state index is 0.0265. The molecule has 1 heterocycles. The van der Waals surface area contributed by atoms with E-state index in [2.05, 4.69) is 25.3 Å². The summed E-state index contributed by atoms with van der Waals surface area (Å²) in [6, 6.07) is 0.401. The van der Waals surface area contributed by atoms with Crippen LogP contribution in [-0.2, 0) is 0 Å². The summed E-state index contributed by atoms with van der Waals surface area (Å²) in [5.41, 5.74) is -0.579. The Balaban J connectivity index is 2.43. The number of likely N-dealkylation sites (N-methyl/N-ethyl adjacent to an activating group) is 1. The fourth-order valence-corrected chi connectivity index (χ4v) is 2.38. The summed E-state index contributed by atoms with van der Waals surface area (Å²) in [6.45, 7) is 5.80. The van der Waals surface area contributed by atoms with Gasteiger partial charge in [-0.1, -0.05) is 13.8 Å². The van der Waals surface area contributed by atoms with Crippen molar-refractivity contribution in [3.63, 3.8) is 0 Å². The van der Waals surface area contributed by atoms with Crippen LogP contribution in [0, 0.1) is 0 Å². The maximum atomic E-state index is 12.4. The average molecular weight is 249 g/mol. The van der Waals surface area contributed by atoms with Crippen LogP contribution in [0.2, 0.25) is 0 Å². The van der Waals surface area contributed by atoms with Crippen LogP contribution < -0.4 is 0 Å². The Morgan fingerprint density at radius 1 is 1.35 bits per heavy atom. The molecule has 1 unspecified atom stereocenters. The smallest absolute Gasteiger partial charge is 0.445 e. The first-order valence-electron chi connectivity index (χ1n) is 6.22. The van der Waals surface area contributed by atoms with Gasteiger partial charge in [-0.15, -0.1) is 12.1 Å². The van der Waals surface area contributed by atoms with Crippen LogP contribution in [0.3, 0.4) is 0 Å². The van der Waals surface area contributed by atoms with Gasteiger partial charge in [0.05, 0.1) is 0 Å². The van der Waals surface area contributed by atoms with Crippen LogP contribution in [-0.4, -0.2) is 55.5 Å². The fourth-order valence-electron chi connectivity index (χ4n) is 2.38. The lowest BCUT2D eigenvalue weighted by molar-refractivity contribution is 0.214. The molecule has 17 heavy (non-hydrogen) atoms. The highest BCUT2D eigenvalue weighted by Gasteiger charge is 2.31. The highest BCUT2D eigenvalue weighted by atomic mass is 19.4. The van der Waals surface area contributed by atoms with Gasteiger partial charge in [0.1, 0.15) is 0 Å². The third-order valence-electron chi connectivity index (χ3n) is 3.47. The van der Waals surface area contributed by atoms with Crippen LogP contribution in [0.1, 0.15) is 20.3 Å². The monoisotopic (exact) mass is 249 g/mol. The van der Waals surface area contributed by atoms with Gasteiger partial charge in [0.15, 0.2) is 0 Å². The van der Waals surface area contributed by atoms with Gasteiger partial charge < -0.3 is 17.8 Å². The highest BCUT2D eigenvalue weighted by Crippen LogP contribution is 2.22. The largest absolute Gasteiger partial charge is 0.506 e. The van der Waals surface area contributed by atoms with E-state index >= 15 is 0 Å². The zero-order valence-electron chi connectivity index (χ0n) is 10.6. The molecule has 100 valence electrons. The van der Waals surface area contributed by atoms with Gasteiger partial charge >= 0.3 is 6.98 Å². The van der Waals surface area contributed by atoms with Gasteiger partial charge in [-0.05, 0) is 32.6 Å². The Bertz CT molecular complexity index is 264. The molecule has 0 bridgehead atoms. The average Bonchev–Trinajstić information content (AvgIpc) is 2.67. The number of rotatable bonds is 6. The number of halogens is 3. The number of nitrogens with zero attached hydrogens (tertiary/aromatic N) is 2. The molecule has 1 saturated heterocycles. The lowest BCUT2D eigenvalue weighted by Gasteiger charge is -2.27. The van der Waals surface area contributed by atoms with Crippen molar-refractivity contribution in [1.82, 2.24) is 9.80 Å². The van der Waals surface area contributed by atoms with Gasteiger partial charge in [-0.2, -0.15) is 0 Å². The molecule has 0 saturated carbocycles. The van der Waals surface area contributed by atoms with E-state index in [4.69, 9.17) is 0 Å². The van der Waals surface area contributed by atoms with Gasteiger partial charge in [-0.3, -0.25) is 4.90 Å². The first kappa shape index (κ1) is 14.6. The number of hydrogen-bond acceptors (Lipinski definition) is 2. The van der Waals surface area contributed by atoms with Gasteiger partial charge in [0.25, 0.3) is 0 Å². The normalized spacial score (nSPS) is 22.4. The SMILES string of the molecule is C=C(CN1CCC(N(CC)CC)C1)[B-](F)(F)F. The second-order valence-corrected chi connectivity index (χ2v) is 4.63. The van der Waals surface area contributed by atoms with E-state index in [1.54, 1.807) is 0 Å². The Morgan fingerprint density at radius 2 is 1.94 bits per heavy atom. The molecule has 0 radical (unpaired) electrons. The topological polar surface area (TPSA) is 6.48 Å². The van der Waals surface area contributed by atoms with Crippen LogP contribution in [0.15, 0.2) is 12.1 Å². The van der Waals surface area contributed by atoms with Crippen molar-refractivity contribution < 1.29 is 12.9 Å². The van der Waals surface area contributed by atoms with E-state index in [0.29, 0.717) is 6.04 Å². The van der Waals surface area contributed by atoms with Crippen molar-refractivity contribution in [2.75, 3.05) is 32.7 Å². The molecule has 0 aromatic heterocycles. The molecule has 0 aromatic rings. The summed E-state index contributed by atoms with van der Waals surface area (Å²) in [4.78, 5) is 4.17. The molecule has 0 amide bonds. The number of likely N-dealkylation sites (tertiary alicyclic amines) is 1. The van der Waals surface area contributed by atoms with E-state index < -0.39 is 12.4 Å². The maximum Gasteiger partial charge on any atom is 0.506 e. The molecule has 1 fully saturated rings. The van der Waals surface area contributed by atoms with E-state index in [1.807, 2.05) is 4.90 Å². The third kappa shape index (κ3) is 4.03. The Hall–Kier alpha value is -0.485. The minimum Gasteiger partial charge on any atom is -0.445 e. The van der Waals surface area contributed by atoms with Crippen molar-refractivity contribution in [2.45, 2.75) is 26.3 Å². The van der Waals surface area contributed by atoms with Gasteiger partial charge in [0, 0.05) is 12.6 Å². The second-order valence-electron chi connectivity index (χ2n) is 4.63. The van der Waals surface area contributed by atoms with Crippen molar-refractivity contribution in [1.29, 1.82) is 0 Å². The maximum absolute atomic E-state index is 12.4. The first-order chi connectivity index (χ1) is 7.88. The third-order valence-corrected chi connectivity index (χ3v) is 3.47. The summed E-state index contributed by atoms with van der Waals surface area (Å²) in [5.74, 6) is 0. The summed E-state index contributed by atoms with van der Waals surface area (Å²) >= 11 is 0. The van der Waals surface area contributed by atoms with E-state index in [0.717, 1.165) is 32.6 Å². The predicted octanol–water partition coefficient (Wildman–Crippen LogP) is 2.35. The predicted molar refractivity (Wildman–Crippen MR) is 66.0 cm³/mol. The summed E-state index contributed by atoms with van der Waals surface area (Å²) in [7, 11) is 0. The molecular weight excluding hydrogens is 228 g/mol. The molecule has 1 rings (SSSR count). The van der Waals surface area contributed by atoms with Gasteiger partial charge in [0.2, 0.25) is 0 Å². The zero-order valence-corrected chi connectivity index (χ0v) is 10.6. The second kappa shape index (κ2) is 5.91. The Kier molecular flexibility index (Phi) is 5.07. The highest BCUT2D eigenvalue weighted by molar-refractivity contribution is 6.66. The van der Waals surface area contributed by atoms with E-state index in [9.17, 15) is 12.9 Å². The summed E-state index contributed by atoms with van der Waals surface area (Å²) in [5, 5.41) is 0. The zero-order chi connectivity index (χ0) is 13.1. The molecular formula is C11H21BF3N2-. The molecule has 1 atom stereocenters. The fraction of sp³-hybridized carbons (Fsp3) is 0.818. The first-order valence-corrected chi connectivity index (χ1v) is 6.22. The standard InChI is InChI=1S/C11H21BF3N2/c1-4-17(5-2)11-6-7-16(9-11)8-10(3)12(13,14)15/h11H,3-9H2,1-2H3/q-1. The number of hydrogen-bond donors (Lipinski definition) is 0. The molecule has 6 heteroatoms. The van der Waals surface area contributed by atoms with E-state index in [-0.39, 0.29) is 6.54 Å². The molecule has 0 spiro atoms. The molecule has 2 nitrogen and oxygen atoms in total. The quantitative estimate of drug-likeness (QED) is 0.666. The van der Waals surface area contributed by atoms with Crippen molar-refractivity contribution >= 4 is 6.98 Å². The van der Waals surface area contributed by atoms with Crippen molar-refractivity contribution in [3.8, 4) is 0 Å². The van der Waals surface area contributed by atoms with E-state index in [1.165, 1.54) is 0 Å². The van der Waals surface area contributed by atoms with Crippen LogP contribution >= 0.6 is 0 Å². The molecule has 1 aliphatic heterocycles. The van der Waals surface area contributed by atoms with Gasteiger partial charge in [-0.25, -0.2) is 0 Å². The summed E-state index contributed by atoms with van der Waals surface area (Å²) < 4.78 is 37.2. The molecule has 1 aliphatic rings. The van der Waals surface area contributed by atoms with Crippen LogP contribution in [0.4, 0.5) is 12.9 Å². The summed E-state index contributed by atoms with van der Waals surface area (Å²) in [6.07, 6.45) is 0.958. The van der Waals surface area contributed by atoms with Crippen LogP contribution in [0.25, 0.3) is 0 Å². The molecule has 0 aliphatic carbocycles. The van der Waals surface area contributed by atoms with Crippen LogP contribution in [0.5, 0.6) is 0 Å². The Morgan fingerprint density at radius 3 is 2.41 bits per heavy atom. The minimum atomic E-state index is -4.88. The lowest BCUT2D eigenvalue weighted by atomic mass is 9.80. The lowest BCUT2D eigenvalue weighted by Crippen LogP contribution is -2.38. The molecule has 0 aromatic carbocycles.